The topological polar surface area (TPSA) is 65.4 Å². The Kier molecular flexibility index (Phi) is 3.10. The third-order valence-corrected chi connectivity index (χ3v) is 3.87. The molecule has 1 heterocycles. The smallest absolute Gasteiger partial charge is 0.190 e. The number of aromatic amines is 1. The zero-order chi connectivity index (χ0) is 15.6. The molecular weight excluding hydrogens is 284 g/mol. The molecule has 0 aliphatic carbocycles. The number of benzene rings is 3. The summed E-state index contributed by atoms with van der Waals surface area (Å²) in [6, 6.07) is 24.7. The van der Waals surface area contributed by atoms with E-state index in [1.807, 2.05) is 30.3 Å². The van der Waals surface area contributed by atoms with Crippen LogP contribution >= 0.6 is 0 Å². The van der Waals surface area contributed by atoms with Crippen molar-refractivity contribution in [2.75, 3.05) is 0 Å². The maximum Gasteiger partial charge on any atom is 0.190 e. The molecule has 0 aliphatic rings. The SMILES string of the molecule is N#Cc1n[nH]nc1-c1cccc(-c2ccc3ccccc3c2)c1. The van der Waals surface area contributed by atoms with E-state index in [-0.39, 0.29) is 0 Å². The number of nitrogens with zero attached hydrogens (tertiary/aromatic N) is 3. The summed E-state index contributed by atoms with van der Waals surface area (Å²) >= 11 is 0. The molecule has 4 heteroatoms. The molecule has 108 valence electrons. The molecule has 4 rings (SSSR count). The fourth-order valence-electron chi connectivity index (χ4n) is 2.73. The van der Waals surface area contributed by atoms with Crippen molar-refractivity contribution in [3.63, 3.8) is 0 Å². The van der Waals surface area contributed by atoms with E-state index in [9.17, 15) is 0 Å². The van der Waals surface area contributed by atoms with Crippen LogP contribution < -0.4 is 0 Å². The lowest BCUT2D eigenvalue weighted by atomic mass is 9.98. The number of nitrogens with one attached hydrogen (secondary N) is 1. The average molecular weight is 296 g/mol. The summed E-state index contributed by atoms with van der Waals surface area (Å²) in [5.41, 5.74) is 3.98. The van der Waals surface area contributed by atoms with E-state index < -0.39 is 0 Å². The second-order valence-corrected chi connectivity index (χ2v) is 5.28. The van der Waals surface area contributed by atoms with Crippen LogP contribution in [0.25, 0.3) is 33.2 Å². The van der Waals surface area contributed by atoms with Gasteiger partial charge in [0.15, 0.2) is 5.69 Å². The summed E-state index contributed by atoms with van der Waals surface area (Å²) < 4.78 is 0. The fraction of sp³-hybridized carbons (Fsp3) is 0. The molecule has 0 fully saturated rings. The van der Waals surface area contributed by atoms with Crippen LogP contribution in [0, 0.1) is 11.3 Å². The number of hydrogen-bond donors (Lipinski definition) is 1. The molecule has 4 aromatic rings. The Labute approximate surface area is 133 Å². The van der Waals surface area contributed by atoms with Gasteiger partial charge in [0.2, 0.25) is 0 Å². The molecule has 0 saturated carbocycles. The summed E-state index contributed by atoms with van der Waals surface area (Å²) in [7, 11) is 0. The van der Waals surface area contributed by atoms with Gasteiger partial charge in [-0.25, -0.2) is 0 Å². The number of H-pyrrole nitrogens is 1. The van der Waals surface area contributed by atoms with Crippen molar-refractivity contribution >= 4 is 10.8 Å². The summed E-state index contributed by atoms with van der Waals surface area (Å²) in [5.74, 6) is 0. The number of fused-ring (bicyclic) bond motifs is 1. The number of nitriles is 1. The Morgan fingerprint density at radius 1 is 0.739 bits per heavy atom. The van der Waals surface area contributed by atoms with Crippen LogP contribution in [0.1, 0.15) is 5.69 Å². The van der Waals surface area contributed by atoms with Crippen molar-refractivity contribution in [2.24, 2.45) is 0 Å². The minimum absolute atomic E-state index is 0.306. The molecule has 0 unspecified atom stereocenters. The van der Waals surface area contributed by atoms with E-state index in [2.05, 4.69) is 57.9 Å². The first-order valence-electron chi connectivity index (χ1n) is 7.25. The number of aromatic nitrogens is 3. The highest BCUT2D eigenvalue weighted by Gasteiger charge is 2.10. The molecule has 1 aromatic heterocycles. The van der Waals surface area contributed by atoms with Crippen LogP contribution in [-0.4, -0.2) is 15.4 Å². The Bertz CT molecular complexity index is 1040. The van der Waals surface area contributed by atoms with E-state index >= 15 is 0 Å². The molecule has 1 N–H and O–H groups in total. The highest BCUT2D eigenvalue weighted by molar-refractivity contribution is 5.87. The lowest BCUT2D eigenvalue weighted by molar-refractivity contribution is 0.937. The molecule has 3 aromatic carbocycles. The molecule has 23 heavy (non-hydrogen) atoms. The van der Waals surface area contributed by atoms with Crippen LogP contribution in [0.15, 0.2) is 66.7 Å². The van der Waals surface area contributed by atoms with Crippen molar-refractivity contribution in [3.05, 3.63) is 72.4 Å². The van der Waals surface area contributed by atoms with Gasteiger partial charge in [0, 0.05) is 5.56 Å². The fourth-order valence-corrected chi connectivity index (χ4v) is 2.73. The van der Waals surface area contributed by atoms with Gasteiger partial charge in [0.25, 0.3) is 0 Å². The van der Waals surface area contributed by atoms with Crippen molar-refractivity contribution in [1.29, 1.82) is 5.26 Å². The largest absolute Gasteiger partial charge is 0.196 e. The lowest BCUT2D eigenvalue weighted by Gasteiger charge is -2.06. The monoisotopic (exact) mass is 296 g/mol. The van der Waals surface area contributed by atoms with Crippen LogP contribution in [-0.2, 0) is 0 Å². The molecule has 4 nitrogen and oxygen atoms in total. The minimum Gasteiger partial charge on any atom is -0.196 e. The second-order valence-electron chi connectivity index (χ2n) is 5.28. The molecule has 0 atom stereocenters. The van der Waals surface area contributed by atoms with Gasteiger partial charge in [-0.05, 0) is 34.0 Å². The van der Waals surface area contributed by atoms with Gasteiger partial charge in [0.1, 0.15) is 11.8 Å². The summed E-state index contributed by atoms with van der Waals surface area (Å²) in [6.45, 7) is 0. The predicted molar refractivity (Wildman–Crippen MR) is 89.5 cm³/mol. The van der Waals surface area contributed by atoms with Crippen molar-refractivity contribution in [1.82, 2.24) is 15.4 Å². The Morgan fingerprint density at radius 2 is 1.52 bits per heavy atom. The van der Waals surface area contributed by atoms with Gasteiger partial charge in [-0.2, -0.15) is 15.6 Å². The first kappa shape index (κ1) is 13.2. The lowest BCUT2D eigenvalue weighted by Crippen LogP contribution is -1.85. The standard InChI is InChI=1S/C19H12N4/c20-12-18-19(22-23-21-18)17-7-3-6-15(11-17)16-9-8-13-4-1-2-5-14(13)10-16/h1-11H,(H,21,22,23). The van der Waals surface area contributed by atoms with Gasteiger partial charge in [-0.1, -0.05) is 54.6 Å². The predicted octanol–water partition coefficient (Wildman–Crippen LogP) is 4.16. The molecule has 0 radical (unpaired) electrons. The highest BCUT2D eigenvalue weighted by Crippen LogP contribution is 2.28. The van der Waals surface area contributed by atoms with E-state index in [4.69, 9.17) is 5.26 Å². The van der Waals surface area contributed by atoms with Crippen LogP contribution in [0.3, 0.4) is 0 Å². The third-order valence-electron chi connectivity index (χ3n) is 3.87. The maximum atomic E-state index is 9.10. The molecular formula is C19H12N4. The summed E-state index contributed by atoms with van der Waals surface area (Å²) in [4.78, 5) is 0. The zero-order valence-electron chi connectivity index (χ0n) is 12.2. The van der Waals surface area contributed by atoms with Crippen LogP contribution in [0.5, 0.6) is 0 Å². The molecule has 0 spiro atoms. The van der Waals surface area contributed by atoms with Crippen LogP contribution in [0.2, 0.25) is 0 Å². The maximum absolute atomic E-state index is 9.10. The molecule has 0 saturated heterocycles. The molecule has 0 amide bonds. The van der Waals surface area contributed by atoms with Crippen molar-refractivity contribution in [2.45, 2.75) is 0 Å². The van der Waals surface area contributed by atoms with Gasteiger partial charge < -0.3 is 0 Å². The Morgan fingerprint density at radius 3 is 2.39 bits per heavy atom. The van der Waals surface area contributed by atoms with Crippen molar-refractivity contribution in [3.8, 4) is 28.5 Å². The molecule has 0 bridgehead atoms. The van der Waals surface area contributed by atoms with Gasteiger partial charge in [0.05, 0.1) is 0 Å². The average Bonchev–Trinajstić information content (AvgIpc) is 3.10. The van der Waals surface area contributed by atoms with E-state index in [0.29, 0.717) is 11.4 Å². The Hall–Kier alpha value is -3.45. The third kappa shape index (κ3) is 2.34. The first-order valence-corrected chi connectivity index (χ1v) is 7.25. The van der Waals surface area contributed by atoms with Gasteiger partial charge in [-0.3, -0.25) is 0 Å². The van der Waals surface area contributed by atoms with Gasteiger partial charge >= 0.3 is 0 Å². The Balaban J connectivity index is 1.83. The van der Waals surface area contributed by atoms with Crippen molar-refractivity contribution < 1.29 is 0 Å². The molecule has 0 aliphatic heterocycles. The zero-order valence-corrected chi connectivity index (χ0v) is 12.2. The highest BCUT2D eigenvalue weighted by atomic mass is 15.3. The summed E-state index contributed by atoms with van der Waals surface area (Å²) in [5, 5.41) is 22.0. The van der Waals surface area contributed by atoms with Crippen LogP contribution in [0.4, 0.5) is 0 Å². The van der Waals surface area contributed by atoms with E-state index in [1.54, 1.807) is 0 Å². The second kappa shape index (κ2) is 5.39. The minimum atomic E-state index is 0.306. The first-order chi connectivity index (χ1) is 11.3. The number of rotatable bonds is 2. The number of hydrogen-bond acceptors (Lipinski definition) is 3. The summed E-state index contributed by atoms with van der Waals surface area (Å²) in [6.07, 6.45) is 0. The van der Waals surface area contributed by atoms with E-state index in [0.717, 1.165) is 16.7 Å². The van der Waals surface area contributed by atoms with E-state index in [1.165, 1.54) is 10.8 Å². The van der Waals surface area contributed by atoms with Gasteiger partial charge in [-0.15, -0.1) is 5.10 Å². The quantitative estimate of drug-likeness (QED) is 0.604. The normalized spacial score (nSPS) is 10.6.